The third-order valence-corrected chi connectivity index (χ3v) is 6.24. The topological polar surface area (TPSA) is 90.2 Å². The molecule has 3 N–H and O–H groups in total. The molecule has 2 fully saturated rings. The smallest absolute Gasteiger partial charge is 0.368 e. The number of carbonyl (C=O) groups excluding carboxylic acids is 1. The van der Waals surface area contributed by atoms with Crippen molar-refractivity contribution >= 4 is 17.4 Å². The van der Waals surface area contributed by atoms with Gasteiger partial charge in [0.1, 0.15) is 11.5 Å². The van der Waals surface area contributed by atoms with E-state index in [1.807, 2.05) is 4.68 Å². The minimum Gasteiger partial charge on any atom is -0.368 e. The molecule has 164 valence electrons. The van der Waals surface area contributed by atoms with Crippen LogP contribution < -0.4 is 11.1 Å². The number of hydrogen-bond acceptors (Lipinski definition) is 4. The number of imidazole rings is 1. The molecule has 2 saturated carbocycles. The zero-order chi connectivity index (χ0) is 21.8. The Balaban J connectivity index is 1.30. The summed E-state index contributed by atoms with van der Waals surface area (Å²) in [6.45, 7) is 0. The lowest BCUT2D eigenvalue weighted by molar-refractivity contribution is -0.140. The second-order valence-corrected chi connectivity index (χ2v) is 8.44. The summed E-state index contributed by atoms with van der Waals surface area (Å²) in [7, 11) is 0. The van der Waals surface area contributed by atoms with Gasteiger partial charge in [-0.3, -0.25) is 13.9 Å². The predicted molar refractivity (Wildman–Crippen MR) is 108 cm³/mol. The van der Waals surface area contributed by atoms with E-state index in [-0.39, 0.29) is 17.7 Å². The standard InChI is InChI=1S/C21H23F3N6O/c22-21(23,24)16-11-29-17(2-1-3-18(29)28-16)27-13-6-8-14(9-7-13)30-19(12-4-5-12)15(10-26-30)20(25)31/h1-3,10-14,27H,4-9H2,(H2,25,31). The van der Waals surface area contributed by atoms with Crippen molar-refractivity contribution in [2.24, 2.45) is 5.73 Å². The van der Waals surface area contributed by atoms with Crippen molar-refractivity contribution in [3.8, 4) is 0 Å². The number of primary amides is 1. The van der Waals surface area contributed by atoms with E-state index in [1.165, 1.54) is 4.40 Å². The summed E-state index contributed by atoms with van der Waals surface area (Å²) >= 11 is 0. The monoisotopic (exact) mass is 432 g/mol. The van der Waals surface area contributed by atoms with E-state index >= 15 is 0 Å². The summed E-state index contributed by atoms with van der Waals surface area (Å²) in [6.07, 6.45) is 3.66. The van der Waals surface area contributed by atoms with Gasteiger partial charge < -0.3 is 11.1 Å². The lowest BCUT2D eigenvalue weighted by Gasteiger charge is -2.31. The number of hydrogen-bond donors (Lipinski definition) is 2. The Hall–Kier alpha value is -3.04. The first kappa shape index (κ1) is 19.9. The van der Waals surface area contributed by atoms with Crippen molar-refractivity contribution in [1.82, 2.24) is 19.2 Å². The van der Waals surface area contributed by atoms with Gasteiger partial charge in [0.15, 0.2) is 5.69 Å². The van der Waals surface area contributed by atoms with E-state index in [0.717, 1.165) is 50.4 Å². The van der Waals surface area contributed by atoms with Gasteiger partial charge in [0, 0.05) is 18.2 Å². The highest BCUT2D eigenvalue weighted by Crippen LogP contribution is 2.44. The fraction of sp³-hybridized carbons (Fsp3) is 0.476. The molecule has 0 saturated heterocycles. The van der Waals surface area contributed by atoms with Crippen LogP contribution in [-0.2, 0) is 6.18 Å². The molecule has 10 heteroatoms. The molecule has 0 atom stereocenters. The van der Waals surface area contributed by atoms with Crippen LogP contribution in [0.15, 0.2) is 30.6 Å². The summed E-state index contributed by atoms with van der Waals surface area (Å²) in [5.41, 5.74) is 6.37. The number of nitrogens with two attached hydrogens (primary N) is 1. The highest BCUT2D eigenvalue weighted by atomic mass is 19.4. The second-order valence-electron chi connectivity index (χ2n) is 8.44. The lowest BCUT2D eigenvalue weighted by atomic mass is 9.91. The maximum absolute atomic E-state index is 13.0. The molecule has 0 unspecified atom stereocenters. The van der Waals surface area contributed by atoms with E-state index < -0.39 is 17.8 Å². The average Bonchev–Trinajstić information content (AvgIpc) is 3.29. The molecule has 2 aliphatic rings. The van der Waals surface area contributed by atoms with E-state index in [4.69, 9.17) is 5.73 Å². The SMILES string of the molecule is NC(=O)c1cnn(C2CCC(Nc3cccc4nc(C(F)(F)F)cn34)CC2)c1C1CC1. The zero-order valence-corrected chi connectivity index (χ0v) is 16.8. The molecule has 3 aromatic rings. The number of aromatic nitrogens is 4. The molecule has 7 nitrogen and oxygen atoms in total. The van der Waals surface area contributed by atoms with Crippen LogP contribution in [0.1, 0.15) is 72.2 Å². The van der Waals surface area contributed by atoms with Crippen molar-refractivity contribution in [3.05, 3.63) is 47.5 Å². The van der Waals surface area contributed by atoms with E-state index in [1.54, 1.807) is 24.4 Å². The predicted octanol–water partition coefficient (Wildman–Crippen LogP) is 4.12. The molecule has 3 heterocycles. The second kappa shape index (κ2) is 7.28. The van der Waals surface area contributed by atoms with Gasteiger partial charge in [0.25, 0.3) is 5.91 Å². The molecule has 0 spiro atoms. The zero-order valence-electron chi connectivity index (χ0n) is 16.8. The normalized spacial score (nSPS) is 22.0. The number of nitrogens with zero attached hydrogens (tertiary/aromatic N) is 4. The summed E-state index contributed by atoms with van der Waals surface area (Å²) in [4.78, 5) is 15.4. The summed E-state index contributed by atoms with van der Waals surface area (Å²) in [5.74, 6) is 0.524. The van der Waals surface area contributed by atoms with Crippen molar-refractivity contribution in [1.29, 1.82) is 0 Å². The van der Waals surface area contributed by atoms with Gasteiger partial charge in [0.2, 0.25) is 0 Å². The van der Waals surface area contributed by atoms with Crippen LogP contribution in [0, 0.1) is 0 Å². The summed E-state index contributed by atoms with van der Waals surface area (Å²) < 4.78 is 42.5. The van der Waals surface area contributed by atoms with Crippen molar-refractivity contribution in [2.45, 2.75) is 62.7 Å². The number of alkyl halides is 3. The maximum Gasteiger partial charge on any atom is 0.434 e. The van der Waals surface area contributed by atoms with Crippen molar-refractivity contribution in [2.75, 3.05) is 5.32 Å². The Morgan fingerprint density at radius 2 is 1.87 bits per heavy atom. The first-order valence-electron chi connectivity index (χ1n) is 10.5. The van der Waals surface area contributed by atoms with Gasteiger partial charge in [0.05, 0.1) is 23.5 Å². The number of halogens is 3. The van der Waals surface area contributed by atoms with Gasteiger partial charge in [-0.1, -0.05) is 6.07 Å². The molecule has 3 aromatic heterocycles. The van der Waals surface area contributed by atoms with E-state index in [2.05, 4.69) is 15.4 Å². The summed E-state index contributed by atoms with van der Waals surface area (Å²) in [5, 5.41) is 7.86. The number of amides is 1. The first-order chi connectivity index (χ1) is 14.8. The van der Waals surface area contributed by atoms with Gasteiger partial charge in [-0.2, -0.15) is 18.3 Å². The van der Waals surface area contributed by atoms with Crippen LogP contribution in [-0.4, -0.2) is 31.1 Å². The Bertz CT molecular complexity index is 1120. The third-order valence-electron chi connectivity index (χ3n) is 6.24. The minimum atomic E-state index is -4.48. The van der Waals surface area contributed by atoms with Gasteiger partial charge in [-0.25, -0.2) is 4.98 Å². The van der Waals surface area contributed by atoms with Crippen LogP contribution in [0.3, 0.4) is 0 Å². The average molecular weight is 432 g/mol. The van der Waals surface area contributed by atoms with Gasteiger partial charge in [-0.05, 0) is 50.7 Å². The molecule has 1 amide bonds. The quantitative estimate of drug-likeness (QED) is 0.635. The minimum absolute atomic E-state index is 0.133. The molecule has 5 rings (SSSR count). The van der Waals surface area contributed by atoms with Crippen LogP contribution in [0.25, 0.3) is 5.65 Å². The highest BCUT2D eigenvalue weighted by molar-refractivity contribution is 5.94. The number of rotatable bonds is 5. The largest absolute Gasteiger partial charge is 0.434 e. The Kier molecular flexibility index (Phi) is 4.67. The highest BCUT2D eigenvalue weighted by Gasteiger charge is 2.36. The summed E-state index contributed by atoms with van der Waals surface area (Å²) in [6, 6.07) is 5.36. The van der Waals surface area contributed by atoms with Crippen LogP contribution >= 0.6 is 0 Å². The molecule has 0 aliphatic heterocycles. The molecular formula is C21H23F3N6O. The molecule has 0 radical (unpaired) electrons. The van der Waals surface area contributed by atoms with Crippen LogP contribution in [0.5, 0.6) is 0 Å². The van der Waals surface area contributed by atoms with Crippen LogP contribution in [0.4, 0.5) is 19.0 Å². The Labute approximate surface area is 176 Å². The Morgan fingerprint density at radius 1 is 1.13 bits per heavy atom. The molecule has 31 heavy (non-hydrogen) atoms. The van der Waals surface area contributed by atoms with E-state index in [9.17, 15) is 18.0 Å². The van der Waals surface area contributed by atoms with Crippen LogP contribution in [0.2, 0.25) is 0 Å². The first-order valence-corrected chi connectivity index (χ1v) is 10.5. The lowest BCUT2D eigenvalue weighted by Crippen LogP contribution is -2.29. The number of anilines is 1. The third kappa shape index (κ3) is 3.75. The van der Waals surface area contributed by atoms with Gasteiger partial charge in [-0.15, -0.1) is 0 Å². The molecule has 0 bridgehead atoms. The number of nitrogens with one attached hydrogen (secondary N) is 1. The van der Waals surface area contributed by atoms with Crippen molar-refractivity contribution < 1.29 is 18.0 Å². The van der Waals surface area contributed by atoms with E-state index in [0.29, 0.717) is 17.3 Å². The fourth-order valence-electron chi connectivity index (χ4n) is 4.56. The maximum atomic E-state index is 13.0. The number of carbonyl (C=O) groups is 1. The number of fused-ring (bicyclic) bond motifs is 1. The molecular weight excluding hydrogens is 409 g/mol. The van der Waals surface area contributed by atoms with Gasteiger partial charge >= 0.3 is 6.18 Å². The fourth-order valence-corrected chi connectivity index (χ4v) is 4.56. The molecule has 2 aliphatic carbocycles. The Morgan fingerprint density at radius 3 is 2.52 bits per heavy atom. The van der Waals surface area contributed by atoms with Crippen molar-refractivity contribution in [3.63, 3.8) is 0 Å². The number of pyridine rings is 1. The molecule has 0 aromatic carbocycles.